The highest BCUT2D eigenvalue weighted by molar-refractivity contribution is 6.31. The van der Waals surface area contributed by atoms with Crippen LogP contribution in [0.15, 0.2) is 42.5 Å². The van der Waals surface area contributed by atoms with Gasteiger partial charge < -0.3 is 9.64 Å². The molecule has 3 rings (SSSR count). The number of halogens is 2. The van der Waals surface area contributed by atoms with E-state index >= 15 is 0 Å². The lowest BCUT2D eigenvalue weighted by molar-refractivity contribution is -0.121. The van der Waals surface area contributed by atoms with Gasteiger partial charge in [-0.2, -0.15) is 0 Å². The fraction of sp³-hybridized carbons (Fsp3) is 0.133. The first-order valence-electron chi connectivity index (χ1n) is 6.11. The molecule has 0 saturated carbocycles. The van der Waals surface area contributed by atoms with Gasteiger partial charge in [0.2, 0.25) is 0 Å². The van der Waals surface area contributed by atoms with Crippen molar-refractivity contribution in [3.05, 3.63) is 58.1 Å². The molecule has 2 aromatic rings. The summed E-state index contributed by atoms with van der Waals surface area (Å²) in [5, 5.41) is 1.20. The zero-order valence-corrected chi connectivity index (χ0v) is 12.0. The number of carbonyl (C=O) groups is 1. The van der Waals surface area contributed by atoms with Gasteiger partial charge in [-0.25, -0.2) is 0 Å². The smallest absolute Gasteiger partial charge is 0.265 e. The predicted molar refractivity (Wildman–Crippen MR) is 79.6 cm³/mol. The third-order valence-corrected chi connectivity index (χ3v) is 3.75. The Morgan fingerprint density at radius 1 is 1.15 bits per heavy atom. The van der Waals surface area contributed by atoms with Gasteiger partial charge in [-0.05, 0) is 29.8 Å². The van der Waals surface area contributed by atoms with Crippen LogP contribution in [0.25, 0.3) is 0 Å². The van der Waals surface area contributed by atoms with E-state index in [1.54, 1.807) is 29.2 Å². The van der Waals surface area contributed by atoms with Crippen LogP contribution < -0.4 is 9.64 Å². The van der Waals surface area contributed by atoms with E-state index in [4.69, 9.17) is 27.9 Å². The molecule has 102 valence electrons. The summed E-state index contributed by atoms with van der Waals surface area (Å²) in [6.45, 7) is 0.425. The molecule has 0 fully saturated rings. The van der Waals surface area contributed by atoms with Crippen LogP contribution in [-0.2, 0) is 11.3 Å². The van der Waals surface area contributed by atoms with Gasteiger partial charge in [-0.3, -0.25) is 4.79 Å². The molecule has 0 atom stereocenters. The number of amides is 1. The quantitative estimate of drug-likeness (QED) is 0.841. The van der Waals surface area contributed by atoms with Crippen LogP contribution in [0.4, 0.5) is 5.69 Å². The first-order valence-corrected chi connectivity index (χ1v) is 6.87. The van der Waals surface area contributed by atoms with Gasteiger partial charge in [-0.15, -0.1) is 0 Å². The molecule has 0 saturated heterocycles. The molecule has 20 heavy (non-hydrogen) atoms. The van der Waals surface area contributed by atoms with Gasteiger partial charge in [0.1, 0.15) is 5.75 Å². The zero-order valence-electron chi connectivity index (χ0n) is 10.5. The van der Waals surface area contributed by atoms with Crippen molar-refractivity contribution in [2.24, 2.45) is 0 Å². The van der Waals surface area contributed by atoms with Crippen LogP contribution in [0.1, 0.15) is 5.56 Å². The Labute approximate surface area is 126 Å². The minimum Gasteiger partial charge on any atom is -0.482 e. The second-order valence-electron chi connectivity index (χ2n) is 4.47. The number of ether oxygens (including phenoxy) is 1. The minimum atomic E-state index is -0.111. The molecular formula is C15H11Cl2NO2. The lowest BCUT2D eigenvalue weighted by Crippen LogP contribution is -2.38. The molecule has 2 aromatic carbocycles. The van der Waals surface area contributed by atoms with E-state index in [2.05, 4.69) is 0 Å². The van der Waals surface area contributed by atoms with Crippen LogP contribution in [0.3, 0.4) is 0 Å². The molecule has 5 heteroatoms. The highest BCUT2D eigenvalue weighted by Crippen LogP contribution is 2.35. The molecule has 0 radical (unpaired) electrons. The van der Waals surface area contributed by atoms with Gasteiger partial charge >= 0.3 is 0 Å². The maximum atomic E-state index is 12.1. The van der Waals surface area contributed by atoms with Gasteiger partial charge in [0.15, 0.2) is 6.61 Å². The molecule has 1 heterocycles. The van der Waals surface area contributed by atoms with Crippen LogP contribution in [0, 0.1) is 0 Å². The number of hydrogen-bond donors (Lipinski definition) is 0. The lowest BCUT2D eigenvalue weighted by Gasteiger charge is -2.29. The van der Waals surface area contributed by atoms with Crippen molar-refractivity contribution < 1.29 is 9.53 Å². The van der Waals surface area contributed by atoms with Crippen LogP contribution >= 0.6 is 23.2 Å². The molecule has 0 spiro atoms. The summed E-state index contributed by atoms with van der Waals surface area (Å²) in [6, 6.07) is 12.7. The number of rotatable bonds is 2. The van der Waals surface area contributed by atoms with Crippen LogP contribution in [0.2, 0.25) is 10.0 Å². The lowest BCUT2D eigenvalue weighted by atomic mass is 10.1. The van der Waals surface area contributed by atoms with Crippen LogP contribution in [-0.4, -0.2) is 12.5 Å². The third-order valence-electron chi connectivity index (χ3n) is 3.15. The molecule has 1 aliphatic rings. The highest BCUT2D eigenvalue weighted by atomic mass is 35.5. The molecule has 3 nitrogen and oxygen atoms in total. The topological polar surface area (TPSA) is 29.5 Å². The van der Waals surface area contributed by atoms with Crippen molar-refractivity contribution in [1.29, 1.82) is 0 Å². The molecule has 0 unspecified atom stereocenters. The van der Waals surface area contributed by atoms with E-state index in [1.165, 1.54) is 0 Å². The molecular weight excluding hydrogens is 297 g/mol. The summed E-state index contributed by atoms with van der Waals surface area (Å²) in [4.78, 5) is 13.7. The van der Waals surface area contributed by atoms with Crippen molar-refractivity contribution in [1.82, 2.24) is 0 Å². The predicted octanol–water partition coefficient (Wildman–Crippen LogP) is 3.92. The monoisotopic (exact) mass is 307 g/mol. The van der Waals surface area contributed by atoms with Gasteiger partial charge in [0.25, 0.3) is 5.91 Å². The Kier molecular flexibility index (Phi) is 3.55. The van der Waals surface area contributed by atoms with Gasteiger partial charge in [0, 0.05) is 10.0 Å². The van der Waals surface area contributed by atoms with E-state index in [1.807, 2.05) is 18.2 Å². The maximum Gasteiger partial charge on any atom is 0.265 e. The second kappa shape index (κ2) is 5.35. The molecule has 0 bridgehead atoms. The summed E-state index contributed by atoms with van der Waals surface area (Å²) in [5.74, 6) is 0.542. The summed E-state index contributed by atoms with van der Waals surface area (Å²) in [5.41, 5.74) is 1.56. The average molecular weight is 308 g/mol. The van der Waals surface area contributed by atoms with Gasteiger partial charge in [-0.1, -0.05) is 41.4 Å². The van der Waals surface area contributed by atoms with Gasteiger partial charge in [0.05, 0.1) is 12.2 Å². The standard InChI is InChI=1S/C15H11Cl2NO2/c16-11-5-6-14-13(7-11)18(15(19)9-20-14)8-10-3-1-2-4-12(10)17/h1-7H,8-9H2. The number of carbonyl (C=O) groups excluding carboxylic acids is 1. The number of benzene rings is 2. The molecule has 1 aliphatic heterocycles. The Morgan fingerprint density at radius 3 is 2.75 bits per heavy atom. The van der Waals surface area contributed by atoms with E-state index in [-0.39, 0.29) is 12.5 Å². The Hall–Kier alpha value is -1.71. The number of anilines is 1. The van der Waals surface area contributed by atoms with Crippen LogP contribution in [0.5, 0.6) is 5.75 Å². The SMILES string of the molecule is O=C1COc2ccc(Cl)cc2N1Cc1ccccc1Cl. The van der Waals surface area contributed by atoms with E-state index in [9.17, 15) is 4.79 Å². The Bertz CT molecular complexity index is 673. The summed E-state index contributed by atoms with van der Waals surface area (Å²) in [6.07, 6.45) is 0. The third kappa shape index (κ3) is 2.47. The fourth-order valence-corrected chi connectivity index (χ4v) is 2.51. The molecule has 0 N–H and O–H groups in total. The van der Waals surface area contributed by atoms with Crippen molar-refractivity contribution in [2.45, 2.75) is 6.54 Å². The van der Waals surface area contributed by atoms with E-state index < -0.39 is 0 Å². The summed E-state index contributed by atoms with van der Waals surface area (Å²) >= 11 is 12.2. The first-order chi connectivity index (χ1) is 9.65. The van der Waals surface area contributed by atoms with Crippen molar-refractivity contribution in [2.75, 3.05) is 11.5 Å². The molecule has 1 amide bonds. The summed E-state index contributed by atoms with van der Waals surface area (Å²) in [7, 11) is 0. The number of nitrogens with zero attached hydrogens (tertiary/aromatic N) is 1. The van der Waals surface area contributed by atoms with E-state index in [0.717, 1.165) is 5.56 Å². The number of hydrogen-bond acceptors (Lipinski definition) is 2. The second-order valence-corrected chi connectivity index (χ2v) is 5.32. The Balaban J connectivity index is 1.99. The molecule has 0 aliphatic carbocycles. The maximum absolute atomic E-state index is 12.1. The van der Waals surface area contributed by atoms with Crippen molar-refractivity contribution >= 4 is 34.8 Å². The molecule has 0 aromatic heterocycles. The highest BCUT2D eigenvalue weighted by Gasteiger charge is 2.26. The average Bonchev–Trinajstić information content (AvgIpc) is 2.44. The fourth-order valence-electron chi connectivity index (χ4n) is 2.15. The number of fused-ring (bicyclic) bond motifs is 1. The first kappa shape index (κ1) is 13.3. The largest absolute Gasteiger partial charge is 0.482 e. The van der Waals surface area contributed by atoms with Crippen molar-refractivity contribution in [3.63, 3.8) is 0 Å². The van der Waals surface area contributed by atoms with E-state index in [0.29, 0.717) is 28.0 Å². The Morgan fingerprint density at radius 2 is 1.95 bits per heavy atom. The summed E-state index contributed by atoms with van der Waals surface area (Å²) < 4.78 is 5.41. The van der Waals surface area contributed by atoms with Crippen molar-refractivity contribution in [3.8, 4) is 5.75 Å². The normalized spacial score (nSPS) is 13.9. The zero-order chi connectivity index (χ0) is 14.1. The minimum absolute atomic E-state index is 0.0269.